The first-order valence-corrected chi connectivity index (χ1v) is 6.04. The van der Waals surface area contributed by atoms with E-state index in [1.165, 1.54) is 26.4 Å². The number of benzene rings is 1. The molecular weight excluding hydrogens is 260 g/mol. The SMILES string of the molecule is COC(=O)c1ccc(C#CCCCO)cc1C(=O)OC. The second-order valence-electron chi connectivity index (χ2n) is 3.87. The van der Waals surface area contributed by atoms with Crippen LogP contribution in [0, 0.1) is 11.8 Å². The maximum absolute atomic E-state index is 11.7. The molecule has 0 amide bonds. The molecule has 0 radical (unpaired) electrons. The van der Waals surface area contributed by atoms with Gasteiger partial charge in [-0.15, -0.1) is 0 Å². The topological polar surface area (TPSA) is 72.8 Å². The molecule has 5 heteroatoms. The van der Waals surface area contributed by atoms with Gasteiger partial charge in [0.25, 0.3) is 0 Å². The van der Waals surface area contributed by atoms with Gasteiger partial charge in [-0.3, -0.25) is 0 Å². The molecular formula is C15H16O5. The van der Waals surface area contributed by atoms with E-state index in [0.717, 1.165) is 0 Å². The fraction of sp³-hybridized carbons (Fsp3) is 0.333. The molecule has 0 aromatic heterocycles. The van der Waals surface area contributed by atoms with Gasteiger partial charge < -0.3 is 14.6 Å². The fourth-order valence-corrected chi connectivity index (χ4v) is 1.52. The van der Waals surface area contributed by atoms with Gasteiger partial charge in [-0.25, -0.2) is 9.59 Å². The average Bonchev–Trinajstić information content (AvgIpc) is 2.49. The molecule has 0 saturated heterocycles. The molecule has 0 atom stereocenters. The standard InChI is InChI=1S/C15H16O5/c1-19-14(17)12-8-7-11(6-4-3-5-9-16)10-13(12)15(18)20-2/h7-8,10,16H,3,5,9H2,1-2H3. The molecule has 106 valence electrons. The Hall–Kier alpha value is -2.32. The molecule has 20 heavy (non-hydrogen) atoms. The van der Waals surface area contributed by atoms with Gasteiger partial charge in [0.1, 0.15) is 0 Å². The number of carbonyl (C=O) groups excluding carboxylic acids is 2. The highest BCUT2D eigenvalue weighted by Crippen LogP contribution is 2.14. The van der Waals surface area contributed by atoms with E-state index in [4.69, 9.17) is 5.11 Å². The number of esters is 2. The third kappa shape index (κ3) is 4.11. The lowest BCUT2D eigenvalue weighted by molar-refractivity contribution is 0.0555. The van der Waals surface area contributed by atoms with Crippen LogP contribution >= 0.6 is 0 Å². The Kier molecular flexibility index (Phi) is 6.27. The van der Waals surface area contributed by atoms with Crippen LogP contribution in [-0.4, -0.2) is 37.9 Å². The van der Waals surface area contributed by atoms with E-state index in [-0.39, 0.29) is 17.7 Å². The number of hydrogen-bond donors (Lipinski definition) is 1. The molecule has 0 heterocycles. The number of aliphatic hydroxyl groups is 1. The Labute approximate surface area is 117 Å². The van der Waals surface area contributed by atoms with Crippen molar-refractivity contribution >= 4 is 11.9 Å². The van der Waals surface area contributed by atoms with Crippen molar-refractivity contribution in [2.45, 2.75) is 12.8 Å². The smallest absolute Gasteiger partial charge is 0.338 e. The Morgan fingerprint density at radius 3 is 2.40 bits per heavy atom. The number of aliphatic hydroxyl groups excluding tert-OH is 1. The summed E-state index contributed by atoms with van der Waals surface area (Å²) < 4.78 is 9.26. The molecule has 1 aromatic carbocycles. The van der Waals surface area contributed by atoms with E-state index in [1.807, 2.05) is 0 Å². The molecule has 0 unspecified atom stereocenters. The number of carbonyl (C=O) groups is 2. The highest BCUT2D eigenvalue weighted by molar-refractivity contribution is 6.03. The van der Waals surface area contributed by atoms with Gasteiger partial charge in [-0.1, -0.05) is 11.8 Å². The van der Waals surface area contributed by atoms with Gasteiger partial charge >= 0.3 is 11.9 Å². The lowest BCUT2D eigenvalue weighted by atomic mass is 10.0. The molecule has 0 fully saturated rings. The van der Waals surface area contributed by atoms with Crippen LogP contribution in [-0.2, 0) is 9.47 Å². The van der Waals surface area contributed by atoms with Gasteiger partial charge in [0.15, 0.2) is 0 Å². The second kappa shape index (κ2) is 7.97. The summed E-state index contributed by atoms with van der Waals surface area (Å²) in [6.07, 6.45) is 1.15. The van der Waals surface area contributed by atoms with Crippen molar-refractivity contribution < 1.29 is 24.2 Å². The van der Waals surface area contributed by atoms with Crippen LogP contribution in [0.15, 0.2) is 18.2 Å². The number of methoxy groups -OCH3 is 2. The van der Waals surface area contributed by atoms with Gasteiger partial charge in [0.05, 0.1) is 25.3 Å². The van der Waals surface area contributed by atoms with Crippen LogP contribution < -0.4 is 0 Å². The summed E-state index contributed by atoms with van der Waals surface area (Å²) >= 11 is 0. The number of ether oxygens (including phenoxy) is 2. The lowest BCUT2D eigenvalue weighted by Crippen LogP contribution is -2.12. The van der Waals surface area contributed by atoms with Crippen LogP contribution in [0.5, 0.6) is 0 Å². The van der Waals surface area contributed by atoms with Gasteiger partial charge in [-0.05, 0) is 24.6 Å². The number of hydrogen-bond acceptors (Lipinski definition) is 5. The Bertz CT molecular complexity index is 551. The van der Waals surface area contributed by atoms with Crippen LogP contribution in [0.2, 0.25) is 0 Å². The van der Waals surface area contributed by atoms with Crippen molar-refractivity contribution in [3.63, 3.8) is 0 Å². The van der Waals surface area contributed by atoms with Crippen molar-refractivity contribution in [3.05, 3.63) is 34.9 Å². The third-order valence-electron chi connectivity index (χ3n) is 2.52. The van der Waals surface area contributed by atoms with Crippen LogP contribution in [0.25, 0.3) is 0 Å². The van der Waals surface area contributed by atoms with Crippen LogP contribution in [0.4, 0.5) is 0 Å². The van der Waals surface area contributed by atoms with Crippen LogP contribution in [0.1, 0.15) is 39.1 Å². The summed E-state index contributed by atoms with van der Waals surface area (Å²) in [6.45, 7) is 0.0867. The van der Waals surface area contributed by atoms with Crippen molar-refractivity contribution in [1.29, 1.82) is 0 Å². The minimum absolute atomic E-state index is 0.0867. The molecule has 0 aliphatic carbocycles. The third-order valence-corrected chi connectivity index (χ3v) is 2.52. The fourth-order valence-electron chi connectivity index (χ4n) is 1.52. The zero-order chi connectivity index (χ0) is 15.0. The lowest BCUT2D eigenvalue weighted by Gasteiger charge is -2.06. The number of rotatable bonds is 4. The van der Waals surface area contributed by atoms with Crippen molar-refractivity contribution in [2.75, 3.05) is 20.8 Å². The Morgan fingerprint density at radius 2 is 1.80 bits per heavy atom. The quantitative estimate of drug-likeness (QED) is 0.511. The average molecular weight is 276 g/mol. The first-order valence-electron chi connectivity index (χ1n) is 6.04. The largest absolute Gasteiger partial charge is 0.465 e. The maximum Gasteiger partial charge on any atom is 0.338 e. The van der Waals surface area contributed by atoms with E-state index in [1.54, 1.807) is 6.07 Å². The van der Waals surface area contributed by atoms with Crippen molar-refractivity contribution in [3.8, 4) is 11.8 Å². The Morgan fingerprint density at radius 1 is 1.15 bits per heavy atom. The summed E-state index contributed by atoms with van der Waals surface area (Å²) in [5.41, 5.74) is 0.851. The highest BCUT2D eigenvalue weighted by Gasteiger charge is 2.18. The second-order valence-corrected chi connectivity index (χ2v) is 3.87. The normalized spacial score (nSPS) is 9.35. The van der Waals surface area contributed by atoms with Gasteiger partial charge in [-0.2, -0.15) is 0 Å². The molecule has 0 aliphatic rings. The zero-order valence-electron chi connectivity index (χ0n) is 11.4. The van der Waals surface area contributed by atoms with E-state index >= 15 is 0 Å². The van der Waals surface area contributed by atoms with Gasteiger partial charge in [0, 0.05) is 18.6 Å². The molecule has 0 bridgehead atoms. The molecule has 0 spiro atoms. The minimum atomic E-state index is -0.621. The molecule has 1 aromatic rings. The molecule has 1 rings (SSSR count). The molecule has 0 aliphatic heterocycles. The monoisotopic (exact) mass is 276 g/mol. The van der Waals surface area contributed by atoms with E-state index in [0.29, 0.717) is 18.4 Å². The predicted octanol–water partition coefficient (Wildman–Crippen LogP) is 1.38. The summed E-state index contributed by atoms with van der Waals surface area (Å²) in [7, 11) is 2.48. The summed E-state index contributed by atoms with van der Waals surface area (Å²) in [5.74, 6) is 4.51. The highest BCUT2D eigenvalue weighted by atomic mass is 16.5. The predicted molar refractivity (Wildman–Crippen MR) is 72.3 cm³/mol. The maximum atomic E-state index is 11.7. The first-order chi connectivity index (χ1) is 9.63. The zero-order valence-corrected chi connectivity index (χ0v) is 11.4. The molecule has 0 saturated carbocycles. The number of unbranched alkanes of at least 4 members (excludes halogenated alkanes) is 1. The van der Waals surface area contributed by atoms with E-state index in [9.17, 15) is 9.59 Å². The first kappa shape index (κ1) is 15.7. The van der Waals surface area contributed by atoms with Crippen molar-refractivity contribution in [2.24, 2.45) is 0 Å². The van der Waals surface area contributed by atoms with Gasteiger partial charge in [0.2, 0.25) is 0 Å². The molecule has 5 nitrogen and oxygen atoms in total. The van der Waals surface area contributed by atoms with Crippen LogP contribution in [0.3, 0.4) is 0 Å². The minimum Gasteiger partial charge on any atom is -0.465 e. The van der Waals surface area contributed by atoms with Crippen molar-refractivity contribution in [1.82, 2.24) is 0 Å². The summed E-state index contributed by atoms with van der Waals surface area (Å²) in [6, 6.07) is 4.60. The van der Waals surface area contributed by atoms with E-state index < -0.39 is 11.9 Å². The molecule has 1 N–H and O–H groups in total. The van der Waals surface area contributed by atoms with E-state index in [2.05, 4.69) is 21.3 Å². The summed E-state index contributed by atoms with van der Waals surface area (Å²) in [4.78, 5) is 23.2. The Balaban J connectivity index is 3.10. The summed E-state index contributed by atoms with van der Waals surface area (Å²) in [5, 5.41) is 8.66.